The van der Waals surface area contributed by atoms with Crippen LogP contribution in [-0.2, 0) is 25.7 Å². The average Bonchev–Trinajstić information content (AvgIpc) is 2.93. The van der Waals surface area contributed by atoms with Gasteiger partial charge in [-0.05, 0) is 41.8 Å². The third-order valence-corrected chi connectivity index (χ3v) is 7.64. The van der Waals surface area contributed by atoms with E-state index in [0.717, 1.165) is 22.4 Å². The zero-order valence-electron chi connectivity index (χ0n) is 21.3. The molecule has 7 nitrogen and oxygen atoms in total. The number of thioether (sulfide) groups is 1. The fourth-order valence-corrected chi connectivity index (χ4v) is 5.44. The Labute approximate surface area is 227 Å². The molecule has 1 amide bonds. The first-order valence-corrected chi connectivity index (χ1v) is 13.7. The van der Waals surface area contributed by atoms with Crippen LogP contribution < -0.4 is 5.32 Å². The van der Waals surface area contributed by atoms with Crippen LogP contribution in [0.25, 0.3) is 0 Å². The van der Waals surface area contributed by atoms with E-state index >= 15 is 0 Å². The van der Waals surface area contributed by atoms with Crippen molar-refractivity contribution >= 4 is 29.3 Å². The van der Waals surface area contributed by atoms with Gasteiger partial charge < -0.3 is 25.0 Å². The van der Waals surface area contributed by atoms with Gasteiger partial charge in [0.1, 0.15) is 0 Å². The first kappa shape index (κ1) is 27.9. The molecule has 1 heterocycles. The Hall–Kier alpha value is -3.17. The van der Waals surface area contributed by atoms with E-state index in [1.807, 2.05) is 54.6 Å². The molecule has 1 fully saturated rings. The van der Waals surface area contributed by atoms with Crippen molar-refractivity contribution < 1.29 is 29.3 Å². The van der Waals surface area contributed by atoms with E-state index in [9.17, 15) is 14.7 Å². The van der Waals surface area contributed by atoms with Gasteiger partial charge in [0.05, 0.1) is 18.8 Å². The summed E-state index contributed by atoms with van der Waals surface area (Å²) in [4.78, 5) is 24.0. The van der Waals surface area contributed by atoms with Gasteiger partial charge in [0.2, 0.25) is 5.91 Å². The number of nitrogens with one attached hydrogen (secondary N) is 1. The second-order valence-electron chi connectivity index (χ2n) is 9.36. The van der Waals surface area contributed by atoms with Crippen molar-refractivity contribution in [2.75, 3.05) is 11.1 Å². The number of aliphatic hydroxyl groups excluding tert-OH is 1. The molecule has 0 aromatic heterocycles. The number of carbonyl (C=O) groups excluding carboxylic acids is 1. The molecule has 38 heavy (non-hydrogen) atoms. The molecule has 0 unspecified atom stereocenters. The molecule has 0 spiro atoms. The summed E-state index contributed by atoms with van der Waals surface area (Å²) in [6.45, 7) is 2.13. The lowest BCUT2D eigenvalue weighted by molar-refractivity contribution is -0.268. The molecule has 3 aromatic carbocycles. The Kier molecular flexibility index (Phi) is 9.95. The first-order chi connectivity index (χ1) is 18.4. The molecule has 1 aliphatic heterocycles. The second-order valence-corrected chi connectivity index (χ2v) is 10.5. The van der Waals surface area contributed by atoms with Gasteiger partial charge in [-0.2, -0.15) is 0 Å². The molecule has 3 N–H and O–H groups in total. The summed E-state index contributed by atoms with van der Waals surface area (Å²) >= 11 is 1.75. The lowest BCUT2D eigenvalue weighted by atomic mass is 9.91. The van der Waals surface area contributed by atoms with Gasteiger partial charge in [-0.15, -0.1) is 11.8 Å². The molecule has 0 bridgehead atoms. The fourth-order valence-electron chi connectivity index (χ4n) is 4.35. The molecule has 3 aromatic rings. The number of carbonyl (C=O) groups is 2. The number of anilines is 1. The predicted molar refractivity (Wildman–Crippen MR) is 147 cm³/mol. The van der Waals surface area contributed by atoms with E-state index in [2.05, 4.69) is 24.4 Å². The molecule has 8 heteroatoms. The van der Waals surface area contributed by atoms with Gasteiger partial charge in [-0.1, -0.05) is 61.5 Å². The molecule has 0 saturated carbocycles. The molecule has 4 rings (SSSR count). The monoisotopic (exact) mass is 535 g/mol. The zero-order valence-corrected chi connectivity index (χ0v) is 22.1. The fraction of sp³-hybridized carbons (Fsp3) is 0.333. The van der Waals surface area contributed by atoms with Crippen LogP contribution in [0.5, 0.6) is 0 Å². The lowest BCUT2D eigenvalue weighted by Gasteiger charge is -2.41. The van der Waals surface area contributed by atoms with Crippen LogP contribution in [0, 0.1) is 5.92 Å². The second kappa shape index (κ2) is 13.6. The number of aliphatic hydroxyl groups is 1. The Morgan fingerprint density at radius 2 is 1.58 bits per heavy atom. The minimum atomic E-state index is -0.910. The van der Waals surface area contributed by atoms with Gasteiger partial charge in [0.15, 0.2) is 6.29 Å². The highest BCUT2D eigenvalue weighted by molar-refractivity contribution is 7.99. The number of amides is 1. The summed E-state index contributed by atoms with van der Waals surface area (Å²) in [6.07, 6.45) is -0.445. The van der Waals surface area contributed by atoms with E-state index in [1.54, 1.807) is 23.9 Å². The molecule has 1 aliphatic rings. The molecule has 0 aliphatic carbocycles. The number of rotatable bonds is 11. The number of ether oxygens (including phenoxy) is 2. The highest BCUT2D eigenvalue weighted by atomic mass is 32.2. The number of benzene rings is 3. The maximum atomic E-state index is 12.1. The van der Waals surface area contributed by atoms with Crippen LogP contribution in [-0.4, -0.2) is 33.9 Å². The smallest absolute Gasteiger partial charge is 0.303 e. The number of hydrogen-bond acceptors (Lipinski definition) is 6. The van der Waals surface area contributed by atoms with E-state index in [-0.39, 0.29) is 43.5 Å². The largest absolute Gasteiger partial charge is 0.481 e. The van der Waals surface area contributed by atoms with Crippen LogP contribution in [0.4, 0.5) is 5.69 Å². The Morgan fingerprint density at radius 3 is 2.24 bits per heavy atom. The minimum absolute atomic E-state index is 0.00806. The van der Waals surface area contributed by atoms with Crippen molar-refractivity contribution in [3.05, 3.63) is 95.6 Å². The summed E-state index contributed by atoms with van der Waals surface area (Å²) < 4.78 is 13.0. The lowest BCUT2D eigenvalue weighted by Crippen LogP contribution is -2.38. The molecular weight excluding hydrogens is 502 g/mol. The molecule has 1 saturated heterocycles. The number of carboxylic acid groups (broad SMARTS) is 1. The summed E-state index contributed by atoms with van der Waals surface area (Å²) in [5, 5.41) is 21.0. The molecular formula is C30H33NO6S. The third-order valence-electron chi connectivity index (χ3n) is 6.54. The van der Waals surface area contributed by atoms with E-state index in [0.29, 0.717) is 12.1 Å². The van der Waals surface area contributed by atoms with Crippen LogP contribution in [0.3, 0.4) is 0 Å². The van der Waals surface area contributed by atoms with Gasteiger partial charge in [0.25, 0.3) is 0 Å². The molecule has 4 atom stereocenters. The van der Waals surface area contributed by atoms with E-state index < -0.39 is 12.3 Å². The Bertz CT molecular complexity index is 1190. The topological polar surface area (TPSA) is 105 Å². The van der Waals surface area contributed by atoms with Crippen LogP contribution >= 0.6 is 11.8 Å². The Morgan fingerprint density at radius 1 is 0.895 bits per heavy atom. The Balaban J connectivity index is 1.47. The summed E-state index contributed by atoms with van der Waals surface area (Å²) in [7, 11) is 0. The standard InChI is InChI=1S/C30H33NO6S/c1-20-26(19-38-25-6-3-2-4-7-25)36-30(37-29(20)22-12-10-21(18-32)11-13-22)23-14-16-24(17-15-23)31-27(33)8-5-9-28(34)35/h2-4,6-7,10-17,20,26,29-30,32H,5,8-9,18-19H2,1H3,(H,31,33)(H,34,35)/t20-,26+,29+,30+/m0/s1. The summed E-state index contributed by atoms with van der Waals surface area (Å²) in [5.41, 5.74) is 3.35. The SMILES string of the molecule is C[C@H]1[C@@H](CSc2ccccc2)O[C@@H](c2ccc(NC(=O)CCCC(=O)O)cc2)O[C@H]1c1ccc(CO)cc1. The van der Waals surface area contributed by atoms with Crippen molar-refractivity contribution in [3.8, 4) is 0 Å². The van der Waals surface area contributed by atoms with Gasteiger partial charge in [0, 0.05) is 40.7 Å². The number of carboxylic acids is 1. The van der Waals surface area contributed by atoms with Crippen LogP contribution in [0.15, 0.2) is 83.8 Å². The predicted octanol–water partition coefficient (Wildman–Crippen LogP) is 5.96. The van der Waals surface area contributed by atoms with Gasteiger partial charge in [-0.3, -0.25) is 9.59 Å². The number of hydrogen-bond donors (Lipinski definition) is 3. The van der Waals surface area contributed by atoms with Crippen molar-refractivity contribution in [1.29, 1.82) is 0 Å². The van der Waals surface area contributed by atoms with Crippen LogP contribution in [0.2, 0.25) is 0 Å². The first-order valence-electron chi connectivity index (χ1n) is 12.7. The van der Waals surface area contributed by atoms with Crippen molar-refractivity contribution in [3.63, 3.8) is 0 Å². The average molecular weight is 536 g/mol. The highest BCUT2D eigenvalue weighted by Gasteiger charge is 2.38. The highest BCUT2D eigenvalue weighted by Crippen LogP contribution is 2.43. The van der Waals surface area contributed by atoms with E-state index in [1.165, 1.54) is 4.90 Å². The maximum Gasteiger partial charge on any atom is 0.303 e. The zero-order chi connectivity index (χ0) is 26.9. The van der Waals surface area contributed by atoms with E-state index in [4.69, 9.17) is 14.6 Å². The van der Waals surface area contributed by atoms with Gasteiger partial charge >= 0.3 is 5.97 Å². The van der Waals surface area contributed by atoms with Crippen molar-refractivity contribution in [2.24, 2.45) is 5.92 Å². The quantitative estimate of drug-likeness (QED) is 0.260. The van der Waals surface area contributed by atoms with Gasteiger partial charge in [-0.25, -0.2) is 0 Å². The normalized spacial score (nSPS) is 21.1. The minimum Gasteiger partial charge on any atom is -0.481 e. The third kappa shape index (κ3) is 7.68. The van der Waals surface area contributed by atoms with Crippen molar-refractivity contribution in [1.82, 2.24) is 0 Å². The molecule has 0 radical (unpaired) electrons. The number of aliphatic carboxylic acids is 1. The van der Waals surface area contributed by atoms with Crippen molar-refractivity contribution in [2.45, 2.75) is 56.2 Å². The molecule has 200 valence electrons. The summed E-state index contributed by atoms with van der Waals surface area (Å²) in [5.74, 6) is -0.276. The summed E-state index contributed by atoms with van der Waals surface area (Å²) in [6, 6.07) is 25.4. The van der Waals surface area contributed by atoms with Crippen LogP contribution in [0.1, 0.15) is 55.3 Å². The maximum absolute atomic E-state index is 12.1.